The van der Waals surface area contributed by atoms with Gasteiger partial charge in [0, 0.05) is 36.4 Å². The summed E-state index contributed by atoms with van der Waals surface area (Å²) in [5.41, 5.74) is 2.64. The number of phenolic OH excluding ortho intramolecular Hbond substituents is 1. The number of benzene rings is 1. The molecule has 0 aromatic heterocycles. The zero-order valence-electron chi connectivity index (χ0n) is 16.4. The van der Waals surface area contributed by atoms with Gasteiger partial charge in [0.2, 0.25) is 0 Å². The van der Waals surface area contributed by atoms with Gasteiger partial charge in [0.15, 0.2) is 17.3 Å². The fourth-order valence-corrected chi connectivity index (χ4v) is 3.87. The molecular formula is C21H25NO6. The number of hydrogen-bond donors (Lipinski definition) is 1. The second kappa shape index (κ2) is 8.56. The Morgan fingerprint density at radius 2 is 2.04 bits per heavy atom. The monoisotopic (exact) mass is 387 g/mol. The van der Waals surface area contributed by atoms with Crippen LogP contribution in [0.4, 0.5) is 0 Å². The fourth-order valence-electron chi connectivity index (χ4n) is 3.87. The van der Waals surface area contributed by atoms with E-state index in [1.807, 2.05) is 0 Å². The van der Waals surface area contributed by atoms with E-state index in [1.54, 1.807) is 19.1 Å². The lowest BCUT2D eigenvalue weighted by molar-refractivity contribution is -0.147. The summed E-state index contributed by atoms with van der Waals surface area (Å²) in [6.45, 7) is 2.21. The average molecular weight is 387 g/mol. The quantitative estimate of drug-likeness (QED) is 0.596. The molecule has 0 fully saturated rings. The van der Waals surface area contributed by atoms with Crippen molar-refractivity contribution < 1.29 is 28.9 Å². The Bertz CT molecular complexity index is 841. The lowest BCUT2D eigenvalue weighted by atomic mass is 9.71. The Morgan fingerprint density at radius 3 is 2.75 bits per heavy atom. The smallest absolute Gasteiger partial charge is 0.315 e. The van der Waals surface area contributed by atoms with E-state index in [0.29, 0.717) is 36.3 Å². The van der Waals surface area contributed by atoms with Crippen molar-refractivity contribution in [3.05, 3.63) is 35.0 Å². The number of aliphatic imine (C=N–C) groups is 1. The summed E-state index contributed by atoms with van der Waals surface area (Å²) < 4.78 is 15.6. The third-order valence-corrected chi connectivity index (χ3v) is 5.18. The van der Waals surface area contributed by atoms with Crippen molar-refractivity contribution in [2.75, 3.05) is 27.4 Å². The minimum Gasteiger partial charge on any atom is -0.504 e. The molecule has 3 rings (SSSR count). The van der Waals surface area contributed by atoms with Gasteiger partial charge >= 0.3 is 5.97 Å². The number of carbonyl (C=O) groups excluding carboxylic acids is 2. The number of nitrogens with zero attached hydrogens (tertiary/aromatic N) is 1. The van der Waals surface area contributed by atoms with Gasteiger partial charge in [-0.3, -0.25) is 14.6 Å². The van der Waals surface area contributed by atoms with E-state index in [0.717, 1.165) is 12.1 Å². The predicted molar refractivity (Wildman–Crippen MR) is 103 cm³/mol. The number of esters is 1. The van der Waals surface area contributed by atoms with Crippen LogP contribution in [0.25, 0.3) is 0 Å². The van der Waals surface area contributed by atoms with Crippen LogP contribution in [-0.4, -0.2) is 50.0 Å². The first kappa shape index (κ1) is 20.1. The highest BCUT2D eigenvalue weighted by Gasteiger charge is 2.43. The molecule has 2 aliphatic rings. The third-order valence-electron chi connectivity index (χ3n) is 5.18. The molecule has 1 aliphatic carbocycles. The summed E-state index contributed by atoms with van der Waals surface area (Å²) in [5, 5.41) is 9.95. The number of Topliss-reactive ketones (excluding diaryl/α,β-unsaturated/α-hetero) is 1. The summed E-state index contributed by atoms with van der Waals surface area (Å²) in [6.07, 6.45) is 1.89. The second-order valence-corrected chi connectivity index (χ2v) is 6.94. The lowest BCUT2D eigenvalue weighted by Crippen LogP contribution is -2.37. The SMILES string of the molecule is COCCOC(=O)C1C(C)=NC2=C(C(=O)CCC2)[C@H]1c1ccc(O)c(OC)c1. The van der Waals surface area contributed by atoms with Crippen molar-refractivity contribution in [3.8, 4) is 11.5 Å². The molecule has 0 bridgehead atoms. The van der Waals surface area contributed by atoms with Crippen molar-refractivity contribution in [1.29, 1.82) is 0 Å². The average Bonchev–Trinajstić information content (AvgIpc) is 2.67. The summed E-state index contributed by atoms with van der Waals surface area (Å²) >= 11 is 0. The summed E-state index contributed by atoms with van der Waals surface area (Å²) in [6, 6.07) is 4.89. The normalized spacial score (nSPS) is 21.8. The van der Waals surface area contributed by atoms with Crippen molar-refractivity contribution in [2.45, 2.75) is 32.1 Å². The van der Waals surface area contributed by atoms with E-state index < -0.39 is 17.8 Å². The van der Waals surface area contributed by atoms with Crippen molar-refractivity contribution >= 4 is 17.5 Å². The number of hydrogen-bond acceptors (Lipinski definition) is 7. The van der Waals surface area contributed by atoms with Crippen molar-refractivity contribution in [1.82, 2.24) is 0 Å². The van der Waals surface area contributed by atoms with Gasteiger partial charge in [-0.1, -0.05) is 6.07 Å². The van der Waals surface area contributed by atoms with E-state index in [4.69, 9.17) is 14.2 Å². The molecule has 0 amide bonds. The minimum atomic E-state index is -0.716. The maximum absolute atomic E-state index is 12.9. The van der Waals surface area contributed by atoms with Gasteiger partial charge in [-0.15, -0.1) is 0 Å². The van der Waals surface area contributed by atoms with Crippen LogP contribution >= 0.6 is 0 Å². The van der Waals surface area contributed by atoms with Gasteiger partial charge in [0.05, 0.1) is 13.7 Å². The van der Waals surface area contributed by atoms with Gasteiger partial charge < -0.3 is 19.3 Å². The van der Waals surface area contributed by atoms with E-state index in [9.17, 15) is 14.7 Å². The van der Waals surface area contributed by atoms with Gasteiger partial charge in [-0.05, 0) is 37.5 Å². The molecule has 2 atom stereocenters. The first-order valence-corrected chi connectivity index (χ1v) is 9.31. The van der Waals surface area contributed by atoms with Gasteiger partial charge in [0.25, 0.3) is 0 Å². The van der Waals surface area contributed by atoms with Crippen molar-refractivity contribution in [3.63, 3.8) is 0 Å². The van der Waals surface area contributed by atoms with Crippen LogP contribution in [0.1, 0.15) is 37.7 Å². The molecule has 1 unspecified atom stereocenters. The lowest BCUT2D eigenvalue weighted by Gasteiger charge is -2.34. The van der Waals surface area contributed by atoms with Crippen LogP contribution in [0.5, 0.6) is 11.5 Å². The second-order valence-electron chi connectivity index (χ2n) is 6.94. The van der Waals surface area contributed by atoms with Crippen LogP contribution in [0.3, 0.4) is 0 Å². The zero-order valence-corrected chi connectivity index (χ0v) is 16.4. The number of rotatable bonds is 6. The Balaban J connectivity index is 2.07. The number of ketones is 1. The fraction of sp³-hybridized carbons (Fsp3) is 0.476. The molecule has 7 heteroatoms. The zero-order chi connectivity index (χ0) is 20.3. The Kier molecular flexibility index (Phi) is 6.14. The molecule has 1 N–H and O–H groups in total. The summed E-state index contributed by atoms with van der Waals surface area (Å²) in [4.78, 5) is 30.3. The molecule has 150 valence electrons. The summed E-state index contributed by atoms with van der Waals surface area (Å²) in [7, 11) is 2.99. The first-order chi connectivity index (χ1) is 13.5. The van der Waals surface area contributed by atoms with Crippen LogP contribution < -0.4 is 4.74 Å². The maximum Gasteiger partial charge on any atom is 0.315 e. The first-order valence-electron chi connectivity index (χ1n) is 9.31. The number of methoxy groups -OCH3 is 2. The molecule has 1 aromatic carbocycles. The van der Waals surface area contributed by atoms with Crippen molar-refractivity contribution in [2.24, 2.45) is 10.9 Å². The number of aromatic hydroxyl groups is 1. The molecule has 1 aromatic rings. The van der Waals surface area contributed by atoms with Crippen LogP contribution in [0.2, 0.25) is 0 Å². The molecule has 7 nitrogen and oxygen atoms in total. The summed E-state index contributed by atoms with van der Waals surface area (Å²) in [5.74, 6) is -1.40. The van der Waals surface area contributed by atoms with E-state index in [1.165, 1.54) is 20.3 Å². The molecule has 1 heterocycles. The van der Waals surface area contributed by atoms with E-state index >= 15 is 0 Å². The predicted octanol–water partition coefficient (Wildman–Crippen LogP) is 2.77. The highest BCUT2D eigenvalue weighted by atomic mass is 16.6. The highest BCUT2D eigenvalue weighted by Crippen LogP contribution is 2.45. The molecule has 28 heavy (non-hydrogen) atoms. The van der Waals surface area contributed by atoms with Gasteiger partial charge in [0.1, 0.15) is 12.5 Å². The Hall–Kier alpha value is -2.67. The minimum absolute atomic E-state index is 0.00385. The number of ether oxygens (including phenoxy) is 3. The van der Waals surface area contributed by atoms with Crippen LogP contribution in [0, 0.1) is 5.92 Å². The third kappa shape index (κ3) is 3.80. The molecule has 0 spiro atoms. The molecule has 0 saturated carbocycles. The van der Waals surface area contributed by atoms with Crippen LogP contribution in [-0.2, 0) is 19.1 Å². The largest absolute Gasteiger partial charge is 0.504 e. The standard InChI is InChI=1S/C21H25NO6/c1-12-18(21(25)28-10-9-26-2)19(13-7-8-15(23)17(11-13)27-3)20-14(22-12)5-4-6-16(20)24/h7-8,11,18-19,23H,4-6,9-10H2,1-3H3/t18?,19-/m0/s1. The topological polar surface area (TPSA) is 94.4 Å². The number of phenols is 1. The Labute approximate surface area is 164 Å². The van der Waals surface area contributed by atoms with E-state index in [2.05, 4.69) is 4.99 Å². The molecule has 0 radical (unpaired) electrons. The highest BCUT2D eigenvalue weighted by molar-refractivity contribution is 6.08. The van der Waals surface area contributed by atoms with Gasteiger partial charge in [-0.2, -0.15) is 0 Å². The number of carbonyl (C=O) groups is 2. The van der Waals surface area contributed by atoms with E-state index in [-0.39, 0.29) is 23.9 Å². The molecule has 1 aliphatic heterocycles. The molecular weight excluding hydrogens is 362 g/mol. The van der Waals surface area contributed by atoms with Gasteiger partial charge in [-0.25, -0.2) is 0 Å². The molecule has 0 saturated heterocycles. The van der Waals surface area contributed by atoms with Crippen LogP contribution in [0.15, 0.2) is 34.5 Å². The Morgan fingerprint density at radius 1 is 1.25 bits per heavy atom. The number of allylic oxidation sites excluding steroid dienone is 2. The maximum atomic E-state index is 12.9.